The highest BCUT2D eigenvalue weighted by molar-refractivity contribution is 5.70. The lowest BCUT2D eigenvalue weighted by molar-refractivity contribution is -0.199. The normalized spacial score (nSPS) is 25.5. The van der Waals surface area contributed by atoms with Crippen LogP contribution < -0.4 is 0 Å². The van der Waals surface area contributed by atoms with Crippen LogP contribution in [0.25, 0.3) is 0 Å². The molecule has 1 aliphatic heterocycles. The Kier molecular flexibility index (Phi) is 5.19. The summed E-state index contributed by atoms with van der Waals surface area (Å²) in [7, 11) is 1.97. The number of carbonyl (C=O) groups is 2. The van der Waals surface area contributed by atoms with Gasteiger partial charge in [-0.25, -0.2) is 0 Å². The molecule has 120 valence electrons. The van der Waals surface area contributed by atoms with Gasteiger partial charge in [-0.15, -0.1) is 0 Å². The van der Waals surface area contributed by atoms with Crippen LogP contribution in [0.1, 0.15) is 32.3 Å². The summed E-state index contributed by atoms with van der Waals surface area (Å²) in [6.07, 6.45) is 0.371. The van der Waals surface area contributed by atoms with Crippen LogP contribution in [0.3, 0.4) is 0 Å². The molecule has 0 aliphatic carbocycles. The Balaban J connectivity index is 2.44. The van der Waals surface area contributed by atoms with E-state index < -0.39 is 11.7 Å². The highest BCUT2D eigenvalue weighted by Crippen LogP contribution is 2.39. The fourth-order valence-corrected chi connectivity index (χ4v) is 2.87. The first-order chi connectivity index (χ1) is 10.5. The fourth-order valence-electron chi connectivity index (χ4n) is 2.87. The Hall–Kier alpha value is -1.88. The number of piperidine rings is 1. The number of nitrogens with zero attached hydrogens (tertiary/aromatic N) is 1. The van der Waals surface area contributed by atoms with E-state index in [-0.39, 0.29) is 18.4 Å². The molecule has 0 N–H and O–H groups in total. The van der Waals surface area contributed by atoms with E-state index in [4.69, 9.17) is 9.47 Å². The molecule has 1 aliphatic rings. The van der Waals surface area contributed by atoms with E-state index in [0.717, 1.165) is 12.1 Å². The van der Waals surface area contributed by atoms with Crippen molar-refractivity contribution in [2.75, 3.05) is 20.1 Å². The van der Waals surface area contributed by atoms with E-state index in [9.17, 15) is 9.59 Å². The molecule has 1 fully saturated rings. The molecule has 22 heavy (non-hydrogen) atoms. The highest BCUT2D eigenvalue weighted by atomic mass is 16.6. The first-order valence-electron chi connectivity index (χ1n) is 7.61. The highest BCUT2D eigenvalue weighted by Gasteiger charge is 2.49. The van der Waals surface area contributed by atoms with E-state index in [0.29, 0.717) is 13.0 Å². The lowest BCUT2D eigenvalue weighted by atomic mass is 9.81. The molecule has 0 spiro atoms. The molecular weight excluding hydrogens is 282 g/mol. The first kappa shape index (κ1) is 16.5. The quantitative estimate of drug-likeness (QED) is 0.797. The smallest absolute Gasteiger partial charge is 0.306 e. The summed E-state index contributed by atoms with van der Waals surface area (Å²) in [6, 6.07) is 9.56. The molecule has 0 amide bonds. The molecule has 1 heterocycles. The number of ether oxygens (including phenoxy) is 2. The van der Waals surface area contributed by atoms with Gasteiger partial charge in [-0.1, -0.05) is 37.3 Å². The van der Waals surface area contributed by atoms with E-state index in [1.165, 1.54) is 6.92 Å². The minimum absolute atomic E-state index is 0.287. The maximum Gasteiger partial charge on any atom is 0.306 e. The van der Waals surface area contributed by atoms with E-state index in [1.807, 2.05) is 37.4 Å². The second-order valence-electron chi connectivity index (χ2n) is 5.69. The lowest BCUT2D eigenvalue weighted by Crippen LogP contribution is -2.56. The zero-order valence-corrected chi connectivity index (χ0v) is 13.4. The average Bonchev–Trinajstić information content (AvgIpc) is 2.50. The Bertz CT molecular complexity index is 531. The van der Waals surface area contributed by atoms with Crippen LogP contribution in [0.15, 0.2) is 30.3 Å². The van der Waals surface area contributed by atoms with Crippen molar-refractivity contribution in [2.45, 2.75) is 38.4 Å². The monoisotopic (exact) mass is 305 g/mol. The number of likely N-dealkylation sites (tertiary alicyclic amines) is 1. The number of hydrogen-bond donors (Lipinski definition) is 0. The van der Waals surface area contributed by atoms with Gasteiger partial charge in [-0.05, 0) is 12.6 Å². The van der Waals surface area contributed by atoms with Gasteiger partial charge in [0.1, 0.15) is 0 Å². The van der Waals surface area contributed by atoms with Crippen molar-refractivity contribution in [3.63, 3.8) is 0 Å². The van der Waals surface area contributed by atoms with Crippen LogP contribution in [0.5, 0.6) is 0 Å². The molecule has 2 rings (SSSR count). The maximum atomic E-state index is 12.0. The third kappa shape index (κ3) is 3.47. The Morgan fingerprint density at radius 1 is 1.32 bits per heavy atom. The predicted octanol–water partition coefficient (Wildman–Crippen LogP) is 2.10. The molecule has 5 heteroatoms. The molecule has 2 atom stereocenters. The van der Waals surface area contributed by atoms with Crippen molar-refractivity contribution in [1.29, 1.82) is 0 Å². The van der Waals surface area contributed by atoms with Crippen LogP contribution in [-0.2, 0) is 24.7 Å². The van der Waals surface area contributed by atoms with E-state index >= 15 is 0 Å². The van der Waals surface area contributed by atoms with Crippen LogP contribution >= 0.6 is 0 Å². The maximum absolute atomic E-state index is 12.0. The standard InChI is InChI=1S/C17H23NO4/c1-4-16(20)22-17(14-8-6-5-7-9-14)10-11-18(3)12-15(17)21-13(2)19/h5-9,15H,4,10-12H2,1-3H3. The van der Waals surface area contributed by atoms with Gasteiger partial charge in [0, 0.05) is 32.9 Å². The summed E-state index contributed by atoms with van der Waals surface area (Å²) in [4.78, 5) is 25.6. The zero-order chi connectivity index (χ0) is 16.2. The summed E-state index contributed by atoms with van der Waals surface area (Å²) in [5.41, 5.74) is -0.0387. The number of likely N-dealkylation sites (N-methyl/N-ethyl adjacent to an activating group) is 1. The molecule has 0 aromatic heterocycles. The van der Waals surface area contributed by atoms with Gasteiger partial charge in [-0.3, -0.25) is 9.59 Å². The van der Waals surface area contributed by atoms with Gasteiger partial charge >= 0.3 is 11.9 Å². The molecular formula is C17H23NO4. The van der Waals surface area contributed by atoms with Gasteiger partial charge in [0.05, 0.1) is 0 Å². The average molecular weight is 305 g/mol. The first-order valence-corrected chi connectivity index (χ1v) is 7.61. The minimum atomic E-state index is -0.910. The van der Waals surface area contributed by atoms with Crippen LogP contribution in [-0.4, -0.2) is 43.1 Å². The van der Waals surface area contributed by atoms with Crippen LogP contribution in [0.2, 0.25) is 0 Å². The molecule has 2 unspecified atom stereocenters. The van der Waals surface area contributed by atoms with Crippen molar-refractivity contribution < 1.29 is 19.1 Å². The van der Waals surface area contributed by atoms with Gasteiger partial charge < -0.3 is 14.4 Å². The topological polar surface area (TPSA) is 55.8 Å². The van der Waals surface area contributed by atoms with Gasteiger partial charge in [-0.2, -0.15) is 0 Å². The van der Waals surface area contributed by atoms with Crippen molar-refractivity contribution in [1.82, 2.24) is 4.90 Å². The largest absolute Gasteiger partial charge is 0.457 e. The Labute approximate surface area is 131 Å². The number of carbonyl (C=O) groups excluding carboxylic acids is 2. The summed E-state index contributed by atoms with van der Waals surface area (Å²) in [5.74, 6) is -0.654. The minimum Gasteiger partial charge on any atom is -0.457 e. The fraction of sp³-hybridized carbons (Fsp3) is 0.529. The van der Waals surface area contributed by atoms with Crippen LogP contribution in [0, 0.1) is 0 Å². The van der Waals surface area contributed by atoms with Crippen molar-refractivity contribution in [2.24, 2.45) is 0 Å². The van der Waals surface area contributed by atoms with Gasteiger partial charge in [0.25, 0.3) is 0 Å². The third-order valence-corrected chi connectivity index (χ3v) is 4.02. The zero-order valence-electron chi connectivity index (χ0n) is 13.4. The van der Waals surface area contributed by atoms with Crippen molar-refractivity contribution >= 4 is 11.9 Å². The lowest BCUT2D eigenvalue weighted by Gasteiger charge is -2.45. The second-order valence-corrected chi connectivity index (χ2v) is 5.69. The number of benzene rings is 1. The third-order valence-electron chi connectivity index (χ3n) is 4.02. The molecule has 0 radical (unpaired) electrons. The Morgan fingerprint density at radius 3 is 2.59 bits per heavy atom. The molecule has 1 saturated heterocycles. The second kappa shape index (κ2) is 6.92. The molecule has 1 aromatic rings. The van der Waals surface area contributed by atoms with Gasteiger partial charge in [0.2, 0.25) is 0 Å². The number of hydrogen-bond acceptors (Lipinski definition) is 5. The molecule has 1 aromatic carbocycles. The van der Waals surface area contributed by atoms with Crippen LogP contribution in [0.4, 0.5) is 0 Å². The van der Waals surface area contributed by atoms with E-state index in [1.54, 1.807) is 6.92 Å². The van der Waals surface area contributed by atoms with Gasteiger partial charge in [0.15, 0.2) is 11.7 Å². The van der Waals surface area contributed by atoms with Crippen molar-refractivity contribution in [3.05, 3.63) is 35.9 Å². The summed E-state index contributed by atoms with van der Waals surface area (Å²) in [6.45, 7) is 4.44. The molecule has 5 nitrogen and oxygen atoms in total. The Morgan fingerprint density at radius 2 is 2.00 bits per heavy atom. The number of esters is 2. The number of rotatable bonds is 4. The summed E-state index contributed by atoms with van der Waals surface area (Å²) in [5, 5.41) is 0. The predicted molar refractivity (Wildman–Crippen MR) is 82.2 cm³/mol. The summed E-state index contributed by atoms with van der Waals surface area (Å²) >= 11 is 0. The molecule has 0 bridgehead atoms. The van der Waals surface area contributed by atoms with Crippen molar-refractivity contribution in [3.8, 4) is 0 Å². The van der Waals surface area contributed by atoms with E-state index in [2.05, 4.69) is 4.90 Å². The molecule has 0 saturated carbocycles. The summed E-state index contributed by atoms with van der Waals surface area (Å²) < 4.78 is 11.4. The SMILES string of the molecule is CCC(=O)OC1(c2ccccc2)CCN(C)CC1OC(C)=O.